The van der Waals surface area contributed by atoms with E-state index in [9.17, 15) is 9.59 Å². The van der Waals surface area contributed by atoms with Crippen LogP contribution in [0.1, 0.15) is 12.5 Å². The zero-order valence-electron chi connectivity index (χ0n) is 17.0. The molecule has 0 aliphatic rings. The van der Waals surface area contributed by atoms with E-state index in [2.05, 4.69) is 22.1 Å². The molecule has 1 amide bonds. The summed E-state index contributed by atoms with van der Waals surface area (Å²) in [5.74, 6) is 0.222. The Balaban J connectivity index is 1.72. The maximum absolute atomic E-state index is 12.9. The van der Waals surface area contributed by atoms with Gasteiger partial charge in [-0.2, -0.15) is 0 Å². The van der Waals surface area contributed by atoms with Crippen molar-refractivity contribution < 1.29 is 4.79 Å². The van der Waals surface area contributed by atoms with Gasteiger partial charge >= 0.3 is 0 Å². The first-order valence-electron chi connectivity index (χ1n) is 9.62. The van der Waals surface area contributed by atoms with Crippen molar-refractivity contribution in [2.24, 2.45) is 0 Å². The molecule has 1 atom stereocenters. The molecule has 0 saturated heterocycles. The normalized spacial score (nSPS) is 12.2. The van der Waals surface area contributed by atoms with Gasteiger partial charge in [-0.05, 0) is 43.7 Å². The first-order valence-corrected chi connectivity index (χ1v) is 10.9. The Morgan fingerprint density at radius 1 is 1.26 bits per heavy atom. The largest absolute Gasteiger partial charge is 0.325 e. The van der Waals surface area contributed by atoms with Crippen molar-refractivity contribution >= 4 is 51.6 Å². The summed E-state index contributed by atoms with van der Waals surface area (Å²) in [6, 6.07) is 12.7. The van der Waals surface area contributed by atoms with Gasteiger partial charge in [-0.25, -0.2) is 0 Å². The van der Waals surface area contributed by atoms with E-state index in [-0.39, 0.29) is 11.5 Å². The fourth-order valence-corrected chi connectivity index (χ4v) is 4.32. The Bertz CT molecular complexity index is 1380. The third-order valence-corrected chi connectivity index (χ3v) is 6.42. The van der Waals surface area contributed by atoms with E-state index < -0.39 is 5.25 Å². The van der Waals surface area contributed by atoms with Gasteiger partial charge in [0.25, 0.3) is 5.56 Å². The summed E-state index contributed by atoms with van der Waals surface area (Å²) < 4.78 is 3.33. The molecule has 0 spiro atoms. The summed E-state index contributed by atoms with van der Waals surface area (Å²) in [4.78, 5) is 25.7. The highest BCUT2D eigenvalue weighted by atomic mass is 35.5. The standard InChI is InChI=1S/C22H20ClN5O2S/c1-4-12-27-20(30)15-8-5-6-11-18(15)28-21(27)25-26-22(28)31-14(3)19(29)24-17-10-7-9-16(23)13(17)2/h4-11,14H,1,12H2,2-3H3,(H,24,29). The number of carbonyl (C=O) groups excluding carboxylic acids is 1. The minimum Gasteiger partial charge on any atom is -0.325 e. The molecule has 1 unspecified atom stereocenters. The molecule has 0 aliphatic carbocycles. The summed E-state index contributed by atoms with van der Waals surface area (Å²) in [6.45, 7) is 7.68. The van der Waals surface area contributed by atoms with Crippen LogP contribution >= 0.6 is 23.4 Å². The van der Waals surface area contributed by atoms with Crippen LogP contribution in [0.15, 0.2) is 65.1 Å². The molecule has 31 heavy (non-hydrogen) atoms. The zero-order valence-corrected chi connectivity index (χ0v) is 18.6. The molecule has 7 nitrogen and oxygen atoms in total. The number of thioether (sulfide) groups is 1. The second-order valence-electron chi connectivity index (χ2n) is 7.00. The predicted molar refractivity (Wildman–Crippen MR) is 125 cm³/mol. The van der Waals surface area contributed by atoms with Crippen molar-refractivity contribution in [1.29, 1.82) is 0 Å². The van der Waals surface area contributed by atoms with Gasteiger partial charge in [-0.1, -0.05) is 47.6 Å². The Labute approximate surface area is 187 Å². The average Bonchev–Trinajstić information content (AvgIpc) is 3.17. The van der Waals surface area contributed by atoms with Gasteiger partial charge < -0.3 is 5.32 Å². The lowest BCUT2D eigenvalue weighted by Crippen LogP contribution is -2.24. The van der Waals surface area contributed by atoms with Crippen LogP contribution in [0.3, 0.4) is 0 Å². The number of amides is 1. The van der Waals surface area contributed by atoms with Gasteiger partial charge in [0.05, 0.1) is 16.2 Å². The maximum atomic E-state index is 12.9. The Morgan fingerprint density at radius 2 is 2.03 bits per heavy atom. The van der Waals surface area contributed by atoms with Crippen LogP contribution in [0.2, 0.25) is 5.02 Å². The van der Waals surface area contributed by atoms with Gasteiger partial charge in [0.1, 0.15) is 0 Å². The number of halogens is 1. The SMILES string of the molecule is C=CCn1c(=O)c2ccccc2n2c(SC(C)C(=O)Nc3cccc(Cl)c3C)nnc12. The third-order valence-electron chi connectivity index (χ3n) is 4.97. The van der Waals surface area contributed by atoms with Gasteiger partial charge in [0.2, 0.25) is 11.7 Å². The topological polar surface area (TPSA) is 81.3 Å². The quantitative estimate of drug-likeness (QED) is 0.347. The lowest BCUT2D eigenvalue weighted by Gasteiger charge is -2.14. The van der Waals surface area contributed by atoms with E-state index >= 15 is 0 Å². The summed E-state index contributed by atoms with van der Waals surface area (Å²) in [5.41, 5.74) is 2.01. The number of allylic oxidation sites excluding steroid dienone is 1. The van der Waals surface area contributed by atoms with E-state index in [4.69, 9.17) is 11.6 Å². The fraction of sp³-hybridized carbons (Fsp3) is 0.182. The first-order chi connectivity index (χ1) is 14.9. The minimum absolute atomic E-state index is 0.158. The van der Waals surface area contributed by atoms with E-state index in [1.54, 1.807) is 35.6 Å². The number of aromatic nitrogens is 4. The highest BCUT2D eigenvalue weighted by Crippen LogP contribution is 2.27. The molecule has 0 radical (unpaired) electrons. The number of benzene rings is 2. The number of hydrogen-bond acceptors (Lipinski definition) is 5. The summed E-state index contributed by atoms with van der Waals surface area (Å²) >= 11 is 7.42. The molecule has 158 valence electrons. The molecule has 1 N–H and O–H groups in total. The zero-order chi connectivity index (χ0) is 22.1. The first kappa shape index (κ1) is 21.1. The van der Waals surface area contributed by atoms with E-state index in [1.165, 1.54) is 16.3 Å². The van der Waals surface area contributed by atoms with Gasteiger partial charge in [-0.15, -0.1) is 16.8 Å². The monoisotopic (exact) mass is 453 g/mol. The van der Waals surface area contributed by atoms with Crippen LogP contribution in [0.4, 0.5) is 5.69 Å². The highest BCUT2D eigenvalue weighted by molar-refractivity contribution is 8.00. The van der Waals surface area contributed by atoms with Crippen molar-refractivity contribution in [3.63, 3.8) is 0 Å². The Morgan fingerprint density at radius 3 is 2.81 bits per heavy atom. The number of nitrogens with one attached hydrogen (secondary N) is 1. The van der Waals surface area contributed by atoms with E-state index in [1.807, 2.05) is 31.2 Å². The predicted octanol–water partition coefficient (Wildman–Crippen LogP) is 4.31. The molecule has 2 aromatic carbocycles. The lowest BCUT2D eigenvalue weighted by molar-refractivity contribution is -0.115. The second kappa shape index (κ2) is 8.56. The smallest absolute Gasteiger partial charge is 0.263 e. The number of para-hydroxylation sites is 1. The summed E-state index contributed by atoms with van der Waals surface area (Å²) in [7, 11) is 0. The van der Waals surface area contributed by atoms with Crippen molar-refractivity contribution in [1.82, 2.24) is 19.2 Å². The van der Waals surface area contributed by atoms with Crippen LogP contribution in [0.25, 0.3) is 16.7 Å². The van der Waals surface area contributed by atoms with Crippen molar-refractivity contribution in [2.75, 3.05) is 5.32 Å². The van der Waals surface area contributed by atoms with Crippen molar-refractivity contribution in [2.45, 2.75) is 30.8 Å². The number of hydrogen-bond donors (Lipinski definition) is 1. The molecule has 4 rings (SSSR count). The molecule has 2 heterocycles. The maximum Gasteiger partial charge on any atom is 0.263 e. The molecular weight excluding hydrogens is 434 g/mol. The molecular formula is C22H20ClN5O2S. The van der Waals surface area contributed by atoms with E-state index in [0.29, 0.717) is 39.1 Å². The average molecular weight is 454 g/mol. The van der Waals surface area contributed by atoms with Crippen LogP contribution in [0.5, 0.6) is 0 Å². The van der Waals surface area contributed by atoms with Gasteiger partial charge in [-0.3, -0.25) is 18.6 Å². The summed E-state index contributed by atoms with van der Waals surface area (Å²) in [5, 5.41) is 12.6. The molecule has 0 fully saturated rings. The third kappa shape index (κ3) is 3.84. The van der Waals surface area contributed by atoms with Crippen molar-refractivity contribution in [3.8, 4) is 0 Å². The molecule has 0 saturated carbocycles. The molecule has 9 heteroatoms. The van der Waals surface area contributed by atoms with Crippen molar-refractivity contribution in [3.05, 3.63) is 76.1 Å². The number of anilines is 1. The fourth-order valence-electron chi connectivity index (χ4n) is 3.29. The van der Waals surface area contributed by atoms with Crippen LogP contribution < -0.4 is 10.9 Å². The Hall–Kier alpha value is -3.10. The Kier molecular flexibility index (Phi) is 5.84. The van der Waals surface area contributed by atoms with Crippen LogP contribution in [-0.4, -0.2) is 30.3 Å². The second-order valence-corrected chi connectivity index (χ2v) is 8.72. The van der Waals surface area contributed by atoms with Gasteiger partial charge in [0, 0.05) is 17.3 Å². The van der Waals surface area contributed by atoms with Crippen LogP contribution in [-0.2, 0) is 11.3 Å². The number of rotatable bonds is 6. The molecule has 0 aliphatic heterocycles. The van der Waals surface area contributed by atoms with E-state index in [0.717, 1.165) is 5.56 Å². The van der Waals surface area contributed by atoms with Gasteiger partial charge in [0.15, 0.2) is 5.16 Å². The number of fused-ring (bicyclic) bond motifs is 3. The number of carbonyl (C=O) groups is 1. The lowest BCUT2D eigenvalue weighted by atomic mass is 10.2. The molecule has 0 bridgehead atoms. The molecule has 4 aromatic rings. The number of nitrogens with zero attached hydrogens (tertiary/aromatic N) is 4. The molecule has 2 aromatic heterocycles. The highest BCUT2D eigenvalue weighted by Gasteiger charge is 2.22. The summed E-state index contributed by atoms with van der Waals surface area (Å²) in [6.07, 6.45) is 1.64. The van der Waals surface area contributed by atoms with Crippen LogP contribution in [0, 0.1) is 6.92 Å². The minimum atomic E-state index is -0.468.